The van der Waals surface area contributed by atoms with Crippen molar-refractivity contribution < 1.29 is 9.53 Å². The van der Waals surface area contributed by atoms with Gasteiger partial charge < -0.3 is 9.64 Å². The van der Waals surface area contributed by atoms with Crippen molar-refractivity contribution in [2.75, 3.05) is 26.3 Å². The summed E-state index contributed by atoms with van der Waals surface area (Å²) in [5.74, 6) is 0.593. The second kappa shape index (κ2) is 9.85. The number of carbonyl (C=O) groups is 1. The molecule has 3 rings (SSSR count). The topological polar surface area (TPSA) is 64.4 Å². The number of amides is 1. The zero-order valence-electron chi connectivity index (χ0n) is 16.2. The van der Waals surface area contributed by atoms with Crippen molar-refractivity contribution in [2.24, 2.45) is 0 Å². The predicted molar refractivity (Wildman–Crippen MR) is 110 cm³/mol. The third-order valence-electron chi connectivity index (χ3n) is 4.89. The Bertz CT molecular complexity index is 858. The van der Waals surface area contributed by atoms with Gasteiger partial charge in [0.1, 0.15) is 12.4 Å². The molecule has 6 nitrogen and oxygen atoms in total. The Balaban J connectivity index is 1.89. The van der Waals surface area contributed by atoms with Gasteiger partial charge in [-0.05, 0) is 18.6 Å². The molecule has 0 N–H and O–H groups in total. The first-order valence-electron chi connectivity index (χ1n) is 9.80. The molecule has 0 atom stereocenters. The number of hydrogen-bond acceptors (Lipinski definition) is 4. The SMILES string of the molecule is CCCCCc1nc(-c2ccc(Cl)cc2)cc(=O)n1CC(=O)N1CCOCC1. The lowest BCUT2D eigenvalue weighted by Crippen LogP contribution is -2.44. The van der Waals surface area contributed by atoms with Gasteiger partial charge in [-0.25, -0.2) is 4.98 Å². The van der Waals surface area contributed by atoms with Crippen molar-refractivity contribution in [3.05, 3.63) is 51.5 Å². The van der Waals surface area contributed by atoms with E-state index in [1.807, 2.05) is 12.1 Å². The van der Waals surface area contributed by atoms with Gasteiger partial charge in [-0.1, -0.05) is 43.5 Å². The quantitative estimate of drug-likeness (QED) is 0.666. The lowest BCUT2D eigenvalue weighted by Gasteiger charge is -2.27. The fourth-order valence-corrected chi connectivity index (χ4v) is 3.39. The second-order valence-corrected chi connectivity index (χ2v) is 7.38. The van der Waals surface area contributed by atoms with E-state index in [-0.39, 0.29) is 18.0 Å². The summed E-state index contributed by atoms with van der Waals surface area (Å²) in [5, 5.41) is 0.636. The van der Waals surface area contributed by atoms with E-state index in [1.165, 1.54) is 10.6 Å². The Morgan fingerprint density at radius 3 is 2.57 bits per heavy atom. The lowest BCUT2D eigenvalue weighted by atomic mass is 10.1. The molecule has 0 radical (unpaired) electrons. The monoisotopic (exact) mass is 403 g/mol. The molecular weight excluding hydrogens is 378 g/mol. The summed E-state index contributed by atoms with van der Waals surface area (Å²) in [4.78, 5) is 32.0. The van der Waals surface area contributed by atoms with Gasteiger partial charge in [0.25, 0.3) is 5.56 Å². The summed E-state index contributed by atoms with van der Waals surface area (Å²) in [5.41, 5.74) is 1.25. The van der Waals surface area contributed by atoms with Gasteiger partial charge in [0, 0.05) is 36.2 Å². The highest BCUT2D eigenvalue weighted by atomic mass is 35.5. The number of morpholine rings is 1. The minimum Gasteiger partial charge on any atom is -0.378 e. The normalized spacial score (nSPS) is 14.3. The molecule has 0 bridgehead atoms. The number of carbonyl (C=O) groups excluding carboxylic acids is 1. The molecule has 0 saturated carbocycles. The van der Waals surface area contributed by atoms with Gasteiger partial charge in [0.15, 0.2) is 0 Å². The van der Waals surface area contributed by atoms with Crippen molar-refractivity contribution in [1.82, 2.24) is 14.5 Å². The number of rotatable bonds is 7. The zero-order chi connectivity index (χ0) is 19.9. The molecule has 1 amide bonds. The van der Waals surface area contributed by atoms with Crippen LogP contribution in [0, 0.1) is 0 Å². The number of unbranched alkanes of at least 4 members (excludes halogenated alkanes) is 2. The number of nitrogens with zero attached hydrogens (tertiary/aromatic N) is 3. The molecule has 1 aliphatic rings. The number of aromatic nitrogens is 2. The van der Waals surface area contributed by atoms with Crippen molar-refractivity contribution in [1.29, 1.82) is 0 Å². The van der Waals surface area contributed by atoms with Crippen LogP contribution in [0.5, 0.6) is 0 Å². The summed E-state index contributed by atoms with van der Waals surface area (Å²) < 4.78 is 6.82. The maximum absolute atomic E-state index is 12.9. The van der Waals surface area contributed by atoms with Gasteiger partial charge in [0.05, 0.1) is 18.9 Å². The van der Waals surface area contributed by atoms with E-state index in [1.54, 1.807) is 17.0 Å². The van der Waals surface area contributed by atoms with Gasteiger partial charge in [-0.2, -0.15) is 0 Å². The Labute approximate surface area is 170 Å². The van der Waals surface area contributed by atoms with Crippen LogP contribution in [0.1, 0.15) is 32.0 Å². The Morgan fingerprint density at radius 1 is 1.18 bits per heavy atom. The molecule has 28 heavy (non-hydrogen) atoms. The van der Waals surface area contributed by atoms with Crippen LogP contribution in [0.3, 0.4) is 0 Å². The second-order valence-electron chi connectivity index (χ2n) is 6.94. The number of ether oxygens (including phenoxy) is 1. The van der Waals surface area contributed by atoms with E-state index in [0.717, 1.165) is 24.8 Å². The molecule has 0 aliphatic carbocycles. The molecule has 0 unspecified atom stereocenters. The third-order valence-corrected chi connectivity index (χ3v) is 5.14. The minimum absolute atomic E-state index is 0.0220. The molecule has 2 heterocycles. The van der Waals surface area contributed by atoms with E-state index >= 15 is 0 Å². The average molecular weight is 404 g/mol. The average Bonchev–Trinajstić information content (AvgIpc) is 2.71. The van der Waals surface area contributed by atoms with E-state index in [0.29, 0.717) is 49.3 Å². The molecule has 150 valence electrons. The maximum Gasteiger partial charge on any atom is 0.254 e. The van der Waals surface area contributed by atoms with Crippen molar-refractivity contribution >= 4 is 17.5 Å². The fraction of sp³-hybridized carbons (Fsp3) is 0.476. The van der Waals surface area contributed by atoms with Crippen LogP contribution in [0.2, 0.25) is 5.02 Å². The molecule has 1 fully saturated rings. The standard InChI is InChI=1S/C21H26ClN3O3/c1-2-3-4-5-19-23-18(16-6-8-17(22)9-7-16)14-20(26)25(19)15-21(27)24-10-12-28-13-11-24/h6-9,14H,2-5,10-13,15H2,1H3. The number of halogens is 1. The highest BCUT2D eigenvalue weighted by Crippen LogP contribution is 2.19. The Hall–Kier alpha value is -2.18. The van der Waals surface area contributed by atoms with Crippen molar-refractivity contribution in [3.8, 4) is 11.3 Å². The van der Waals surface area contributed by atoms with E-state index < -0.39 is 0 Å². The molecule has 1 aliphatic heterocycles. The van der Waals surface area contributed by atoms with E-state index in [9.17, 15) is 9.59 Å². The number of aryl methyl sites for hydroxylation is 1. The maximum atomic E-state index is 12.9. The van der Waals surface area contributed by atoms with Gasteiger partial charge >= 0.3 is 0 Å². The van der Waals surface area contributed by atoms with Gasteiger partial charge in [0.2, 0.25) is 5.91 Å². The summed E-state index contributed by atoms with van der Waals surface area (Å²) >= 11 is 5.97. The minimum atomic E-state index is -0.201. The van der Waals surface area contributed by atoms with Crippen LogP contribution in [0.4, 0.5) is 0 Å². The molecule has 1 aromatic carbocycles. The van der Waals surface area contributed by atoms with Crippen LogP contribution in [-0.2, 0) is 22.5 Å². The first-order valence-corrected chi connectivity index (χ1v) is 10.2. The van der Waals surface area contributed by atoms with Gasteiger partial charge in [-0.3, -0.25) is 14.2 Å². The Morgan fingerprint density at radius 2 is 1.89 bits per heavy atom. The summed E-state index contributed by atoms with van der Waals surface area (Å²) in [6.07, 6.45) is 3.73. The molecule has 2 aromatic rings. The van der Waals surface area contributed by atoms with Gasteiger partial charge in [-0.15, -0.1) is 0 Å². The molecule has 1 saturated heterocycles. The van der Waals surface area contributed by atoms with Crippen LogP contribution in [0.25, 0.3) is 11.3 Å². The fourth-order valence-electron chi connectivity index (χ4n) is 3.26. The Kier molecular flexibility index (Phi) is 7.23. The van der Waals surface area contributed by atoms with E-state index in [2.05, 4.69) is 6.92 Å². The zero-order valence-corrected chi connectivity index (χ0v) is 17.0. The molecule has 7 heteroatoms. The van der Waals surface area contributed by atoms with Crippen molar-refractivity contribution in [3.63, 3.8) is 0 Å². The summed E-state index contributed by atoms with van der Waals surface area (Å²) in [6.45, 7) is 4.36. The number of benzene rings is 1. The first kappa shape index (κ1) is 20.6. The van der Waals surface area contributed by atoms with Crippen LogP contribution < -0.4 is 5.56 Å². The van der Waals surface area contributed by atoms with E-state index in [4.69, 9.17) is 21.3 Å². The summed E-state index contributed by atoms with van der Waals surface area (Å²) in [7, 11) is 0. The smallest absolute Gasteiger partial charge is 0.254 e. The van der Waals surface area contributed by atoms with Crippen LogP contribution in [-0.4, -0.2) is 46.7 Å². The number of hydrogen-bond donors (Lipinski definition) is 0. The van der Waals surface area contributed by atoms with Crippen LogP contribution >= 0.6 is 11.6 Å². The molecular formula is C21H26ClN3O3. The largest absolute Gasteiger partial charge is 0.378 e. The highest BCUT2D eigenvalue weighted by Gasteiger charge is 2.19. The summed E-state index contributed by atoms with van der Waals surface area (Å²) in [6, 6.07) is 8.76. The highest BCUT2D eigenvalue weighted by molar-refractivity contribution is 6.30. The third kappa shape index (κ3) is 5.20. The molecule has 1 aromatic heterocycles. The lowest BCUT2D eigenvalue weighted by molar-refractivity contribution is -0.136. The predicted octanol–water partition coefficient (Wildman–Crippen LogP) is 3.16. The van der Waals surface area contributed by atoms with Crippen LogP contribution in [0.15, 0.2) is 35.1 Å². The molecule has 0 spiro atoms. The van der Waals surface area contributed by atoms with Crippen molar-refractivity contribution in [2.45, 2.75) is 39.2 Å². The first-order chi connectivity index (χ1) is 13.6.